The molecule has 1 fully saturated rings. The fourth-order valence-electron chi connectivity index (χ4n) is 3.64. The quantitative estimate of drug-likeness (QED) is 0.368. The van der Waals surface area contributed by atoms with Crippen molar-refractivity contribution in [2.45, 2.75) is 13.2 Å². The van der Waals surface area contributed by atoms with E-state index < -0.39 is 35.3 Å². The van der Waals surface area contributed by atoms with Crippen molar-refractivity contribution in [3.63, 3.8) is 0 Å². The van der Waals surface area contributed by atoms with Crippen LogP contribution in [-0.4, -0.2) is 18.3 Å². The molecule has 1 aliphatic heterocycles. The molecule has 0 amide bonds. The number of benzene rings is 3. The lowest BCUT2D eigenvalue weighted by molar-refractivity contribution is -0.199. The van der Waals surface area contributed by atoms with Crippen molar-refractivity contribution in [2.75, 3.05) is 13.2 Å². The first kappa shape index (κ1) is 22.0. The maximum absolute atomic E-state index is 14.9. The van der Waals surface area contributed by atoms with Gasteiger partial charge in [-0.1, -0.05) is 48.6 Å². The van der Waals surface area contributed by atoms with Crippen molar-refractivity contribution in [3.8, 4) is 28.0 Å². The number of aromatic hydroxyl groups is 1. The Hall–Kier alpha value is -3.16. The first-order valence-electron chi connectivity index (χ1n) is 10.0. The maximum Gasteiger partial charge on any atom is 0.200 e. The third kappa shape index (κ3) is 4.13. The molecule has 0 unspecified atom stereocenters. The number of halogens is 4. The molecular formula is C25H20F4O3. The first-order valence-corrected chi connectivity index (χ1v) is 10.0. The van der Waals surface area contributed by atoms with Crippen molar-refractivity contribution in [3.05, 3.63) is 89.5 Å². The molecule has 0 radical (unpaired) electrons. The molecule has 3 nitrogen and oxygen atoms in total. The summed E-state index contributed by atoms with van der Waals surface area (Å²) in [6.07, 6.45) is 2.82. The summed E-state index contributed by atoms with van der Waals surface area (Å²) in [5, 5.41) is 9.26. The molecule has 3 aromatic carbocycles. The Bertz CT molecular complexity index is 1150. The second kappa shape index (κ2) is 9.14. The highest BCUT2D eigenvalue weighted by molar-refractivity contribution is 5.71. The minimum absolute atomic E-state index is 0.0118. The van der Waals surface area contributed by atoms with E-state index in [0.717, 1.165) is 6.07 Å². The van der Waals surface area contributed by atoms with E-state index in [1.54, 1.807) is 0 Å². The molecule has 1 saturated heterocycles. The van der Waals surface area contributed by atoms with Crippen LogP contribution in [0.2, 0.25) is 0 Å². The molecule has 0 bridgehead atoms. The lowest BCUT2D eigenvalue weighted by Gasteiger charge is -2.28. The van der Waals surface area contributed by atoms with Crippen molar-refractivity contribution in [1.82, 2.24) is 0 Å². The van der Waals surface area contributed by atoms with Gasteiger partial charge in [-0.25, -0.2) is 13.2 Å². The Kier molecular flexibility index (Phi) is 6.30. The highest BCUT2D eigenvalue weighted by Crippen LogP contribution is 2.34. The van der Waals surface area contributed by atoms with Crippen molar-refractivity contribution < 1.29 is 32.1 Å². The summed E-state index contributed by atoms with van der Waals surface area (Å²) in [5.74, 6) is -5.38. The zero-order valence-electron chi connectivity index (χ0n) is 17.1. The molecule has 1 N–H and O–H groups in total. The third-order valence-electron chi connectivity index (χ3n) is 5.32. The van der Waals surface area contributed by atoms with Crippen molar-refractivity contribution in [1.29, 1.82) is 0 Å². The van der Waals surface area contributed by atoms with Crippen LogP contribution in [-0.2, 0) is 9.47 Å². The summed E-state index contributed by atoms with van der Waals surface area (Å²) in [6.45, 7) is 2.56. The van der Waals surface area contributed by atoms with E-state index in [4.69, 9.17) is 9.47 Å². The molecule has 4 rings (SSSR count). The molecule has 1 aliphatic rings. The Morgan fingerprint density at radius 2 is 1.28 bits per heavy atom. The minimum atomic E-state index is -1.35. The van der Waals surface area contributed by atoms with Crippen LogP contribution < -0.4 is 0 Å². The second-order valence-corrected chi connectivity index (χ2v) is 7.45. The standard InChI is InChI=1S/C25H20F4O3/c1-2-3-14-12-31-25(32-13-14)19-9-8-17(21(26)23(19)28)15-4-6-16(7-5-15)18-10-11-20(30)24(29)22(18)27/h2-11,14,25,30H,12-13H2,1H3/b3-2+. The second-order valence-electron chi connectivity index (χ2n) is 7.45. The Balaban J connectivity index is 1.58. The largest absolute Gasteiger partial charge is 0.505 e. The van der Waals surface area contributed by atoms with Gasteiger partial charge in [-0.15, -0.1) is 0 Å². The van der Waals surface area contributed by atoms with E-state index in [1.165, 1.54) is 42.5 Å². The van der Waals surface area contributed by atoms with Crippen molar-refractivity contribution in [2.24, 2.45) is 5.92 Å². The number of hydrogen-bond donors (Lipinski definition) is 1. The van der Waals surface area contributed by atoms with Crippen LogP contribution in [0.3, 0.4) is 0 Å². The highest BCUT2D eigenvalue weighted by Gasteiger charge is 2.27. The van der Waals surface area contributed by atoms with E-state index in [0.29, 0.717) is 24.3 Å². The number of rotatable bonds is 4. The molecule has 0 atom stereocenters. The van der Waals surface area contributed by atoms with Crippen LogP contribution in [0, 0.1) is 29.2 Å². The molecule has 166 valence electrons. The van der Waals surface area contributed by atoms with Gasteiger partial charge >= 0.3 is 0 Å². The van der Waals surface area contributed by atoms with Gasteiger partial charge in [0.25, 0.3) is 0 Å². The van der Waals surface area contributed by atoms with Crippen LogP contribution in [0.5, 0.6) is 5.75 Å². The van der Waals surface area contributed by atoms with Crippen LogP contribution in [0.25, 0.3) is 22.3 Å². The smallest absolute Gasteiger partial charge is 0.200 e. The molecule has 7 heteroatoms. The Labute approximate surface area is 182 Å². The lowest BCUT2D eigenvalue weighted by atomic mass is 9.98. The summed E-state index contributed by atoms with van der Waals surface area (Å²) in [5.41, 5.74) is 0.607. The molecule has 3 aromatic rings. The summed E-state index contributed by atoms with van der Waals surface area (Å²) < 4.78 is 68.5. The summed E-state index contributed by atoms with van der Waals surface area (Å²) in [7, 11) is 0. The molecule has 1 heterocycles. The maximum atomic E-state index is 14.9. The fourth-order valence-corrected chi connectivity index (χ4v) is 3.64. The first-order chi connectivity index (χ1) is 15.4. The monoisotopic (exact) mass is 444 g/mol. The number of phenols is 1. The molecule has 0 spiro atoms. The normalized spacial score (nSPS) is 18.9. The van der Waals surface area contributed by atoms with E-state index in [1.807, 2.05) is 19.1 Å². The van der Waals surface area contributed by atoms with E-state index in [-0.39, 0.29) is 22.6 Å². The fraction of sp³-hybridized carbons (Fsp3) is 0.200. The van der Waals surface area contributed by atoms with Gasteiger partial charge in [0.15, 0.2) is 29.5 Å². The van der Waals surface area contributed by atoms with E-state index in [9.17, 15) is 22.7 Å². The van der Waals surface area contributed by atoms with Crippen molar-refractivity contribution >= 4 is 0 Å². The molecule has 32 heavy (non-hydrogen) atoms. The van der Waals surface area contributed by atoms with Gasteiger partial charge in [0.1, 0.15) is 0 Å². The topological polar surface area (TPSA) is 38.7 Å². The molecule has 0 aromatic heterocycles. The van der Waals surface area contributed by atoms with E-state index in [2.05, 4.69) is 0 Å². The number of ether oxygens (including phenoxy) is 2. The predicted molar refractivity (Wildman–Crippen MR) is 112 cm³/mol. The summed E-state index contributed by atoms with van der Waals surface area (Å²) in [6, 6.07) is 11.0. The van der Waals surface area contributed by atoms with Gasteiger partial charge in [-0.05, 0) is 30.2 Å². The summed E-state index contributed by atoms with van der Waals surface area (Å²) >= 11 is 0. The predicted octanol–water partition coefficient (Wildman–Crippen LogP) is 6.52. The van der Waals surface area contributed by atoms with Crippen LogP contribution >= 0.6 is 0 Å². The summed E-state index contributed by atoms with van der Waals surface area (Å²) in [4.78, 5) is 0. The van der Waals surface area contributed by atoms with Gasteiger partial charge < -0.3 is 14.6 Å². The van der Waals surface area contributed by atoms with Gasteiger partial charge in [0.05, 0.1) is 13.2 Å². The van der Waals surface area contributed by atoms with Crippen LogP contribution in [0.4, 0.5) is 17.6 Å². The SMILES string of the molecule is C/C=C/C1COC(c2ccc(-c3ccc(-c4ccc(O)c(F)c4F)cc3)c(F)c2F)OC1. The van der Waals surface area contributed by atoms with E-state index >= 15 is 0 Å². The minimum Gasteiger partial charge on any atom is -0.505 e. The Morgan fingerprint density at radius 3 is 1.84 bits per heavy atom. The number of hydrogen-bond acceptors (Lipinski definition) is 3. The molecule has 0 aliphatic carbocycles. The van der Waals surface area contributed by atoms with Gasteiger partial charge in [-0.2, -0.15) is 4.39 Å². The van der Waals surface area contributed by atoms with Gasteiger partial charge in [0.2, 0.25) is 5.82 Å². The zero-order valence-corrected chi connectivity index (χ0v) is 17.1. The Morgan fingerprint density at radius 1 is 0.750 bits per heavy atom. The van der Waals surface area contributed by atoms with Gasteiger partial charge in [-0.3, -0.25) is 0 Å². The molecule has 0 saturated carbocycles. The third-order valence-corrected chi connectivity index (χ3v) is 5.32. The lowest BCUT2D eigenvalue weighted by Crippen LogP contribution is -2.26. The average Bonchev–Trinajstić information content (AvgIpc) is 2.81. The highest BCUT2D eigenvalue weighted by atomic mass is 19.2. The number of phenolic OH excluding ortho intramolecular Hbond substituents is 1. The average molecular weight is 444 g/mol. The van der Waals surface area contributed by atoms with Crippen LogP contribution in [0.15, 0.2) is 60.7 Å². The zero-order chi connectivity index (χ0) is 22.8. The van der Waals surface area contributed by atoms with Crippen LogP contribution in [0.1, 0.15) is 18.8 Å². The number of allylic oxidation sites excluding steroid dienone is 1. The molecular weight excluding hydrogens is 424 g/mol. The van der Waals surface area contributed by atoms with Gasteiger partial charge in [0, 0.05) is 22.6 Å².